The fraction of sp³-hybridized carbons (Fsp3) is 0.105. The van der Waals surface area contributed by atoms with Crippen LogP contribution in [0, 0.1) is 6.92 Å². The molecule has 0 saturated carbocycles. The number of alkyl halides is 3. The Hall–Kier alpha value is -3.67. The molecule has 8 nitrogen and oxygen atoms in total. The van der Waals surface area contributed by atoms with Crippen LogP contribution in [0.25, 0.3) is 0 Å². The number of aromatic nitrogens is 2. The molecule has 0 saturated heterocycles. The number of nitrogens with zero attached hydrogens (tertiary/aromatic N) is 2. The molecular weight excluding hydrogens is 435 g/mol. The summed E-state index contributed by atoms with van der Waals surface area (Å²) >= 11 is 0. The molecule has 3 aromatic rings. The molecule has 0 aliphatic heterocycles. The van der Waals surface area contributed by atoms with Crippen molar-refractivity contribution in [2.24, 2.45) is 0 Å². The summed E-state index contributed by atoms with van der Waals surface area (Å²) in [5.41, 5.74) is 5.25. The molecule has 4 N–H and O–H groups in total. The summed E-state index contributed by atoms with van der Waals surface area (Å²) in [6, 6.07) is 7.51. The van der Waals surface area contributed by atoms with Crippen LogP contribution >= 0.6 is 0 Å². The average molecular weight is 451 g/mol. The highest BCUT2D eigenvalue weighted by atomic mass is 32.2. The molecule has 0 atom stereocenters. The third kappa shape index (κ3) is 5.28. The molecule has 0 aliphatic carbocycles. The molecule has 12 heteroatoms. The number of rotatable bonds is 5. The third-order valence-corrected chi connectivity index (χ3v) is 5.51. The minimum atomic E-state index is -4.69. The highest BCUT2D eigenvalue weighted by Gasteiger charge is 2.31. The molecule has 1 amide bonds. The topological polar surface area (TPSA) is 127 Å². The Bertz CT molecular complexity index is 1230. The number of aryl methyl sites for hydroxylation is 1. The number of sulfonamides is 1. The van der Waals surface area contributed by atoms with E-state index in [2.05, 4.69) is 20.0 Å². The zero-order valence-corrected chi connectivity index (χ0v) is 16.8. The third-order valence-electron chi connectivity index (χ3n) is 4.14. The van der Waals surface area contributed by atoms with Crippen molar-refractivity contribution in [1.82, 2.24) is 9.97 Å². The van der Waals surface area contributed by atoms with Crippen LogP contribution < -0.4 is 15.8 Å². The molecule has 1 aromatic heterocycles. The van der Waals surface area contributed by atoms with Crippen LogP contribution in [0.1, 0.15) is 21.5 Å². The lowest BCUT2D eigenvalue weighted by molar-refractivity contribution is -0.137. The van der Waals surface area contributed by atoms with Crippen molar-refractivity contribution < 1.29 is 26.4 Å². The quantitative estimate of drug-likeness (QED) is 0.545. The number of carbonyl (C=O) groups excluding carboxylic acids is 1. The van der Waals surface area contributed by atoms with Gasteiger partial charge in [0.05, 0.1) is 28.5 Å². The van der Waals surface area contributed by atoms with Gasteiger partial charge in [0.1, 0.15) is 0 Å². The van der Waals surface area contributed by atoms with Crippen molar-refractivity contribution in [3.05, 3.63) is 71.5 Å². The van der Waals surface area contributed by atoms with Gasteiger partial charge in [-0.2, -0.15) is 13.2 Å². The molecule has 0 fully saturated rings. The maximum absolute atomic E-state index is 12.9. The second-order valence-electron chi connectivity index (χ2n) is 6.44. The fourth-order valence-corrected chi connectivity index (χ4v) is 3.68. The minimum absolute atomic E-state index is 0.00159. The SMILES string of the molecule is Cc1ccc(NS(=O)(=O)c2cccc(C(F)(F)F)c2)cc1C(=O)Nc1cnc(N)nc1. The first kappa shape index (κ1) is 22.0. The summed E-state index contributed by atoms with van der Waals surface area (Å²) < 4.78 is 66.0. The molecule has 0 aliphatic rings. The summed E-state index contributed by atoms with van der Waals surface area (Å²) in [5, 5.41) is 2.55. The highest BCUT2D eigenvalue weighted by molar-refractivity contribution is 7.92. The molecule has 0 unspecified atom stereocenters. The van der Waals surface area contributed by atoms with Crippen molar-refractivity contribution >= 4 is 33.3 Å². The van der Waals surface area contributed by atoms with Gasteiger partial charge in [-0.15, -0.1) is 0 Å². The van der Waals surface area contributed by atoms with E-state index in [1.165, 1.54) is 30.6 Å². The number of benzene rings is 2. The second kappa shape index (κ2) is 8.22. The Morgan fingerprint density at radius 2 is 1.71 bits per heavy atom. The largest absolute Gasteiger partial charge is 0.416 e. The van der Waals surface area contributed by atoms with E-state index in [1.807, 2.05) is 0 Å². The van der Waals surface area contributed by atoms with E-state index in [0.717, 1.165) is 18.2 Å². The normalized spacial score (nSPS) is 11.7. The number of carbonyl (C=O) groups is 1. The first-order valence-electron chi connectivity index (χ1n) is 8.65. The number of anilines is 3. The van der Waals surface area contributed by atoms with Crippen molar-refractivity contribution in [2.75, 3.05) is 15.8 Å². The molecule has 3 rings (SSSR count). The number of hydrogen-bond acceptors (Lipinski definition) is 6. The molecule has 0 radical (unpaired) electrons. The Labute approximate surface area is 175 Å². The van der Waals surface area contributed by atoms with Crippen LogP contribution in [0.15, 0.2) is 59.8 Å². The minimum Gasteiger partial charge on any atom is -0.368 e. The Morgan fingerprint density at radius 1 is 1.03 bits per heavy atom. The van der Waals surface area contributed by atoms with Gasteiger partial charge in [-0.25, -0.2) is 18.4 Å². The van der Waals surface area contributed by atoms with Gasteiger partial charge in [-0.1, -0.05) is 12.1 Å². The lowest BCUT2D eigenvalue weighted by Crippen LogP contribution is -2.17. The molecule has 2 aromatic carbocycles. The van der Waals surface area contributed by atoms with E-state index in [1.54, 1.807) is 6.92 Å². The molecule has 31 heavy (non-hydrogen) atoms. The molecule has 0 spiro atoms. The highest BCUT2D eigenvalue weighted by Crippen LogP contribution is 2.31. The van der Waals surface area contributed by atoms with Crippen LogP contribution in [0.2, 0.25) is 0 Å². The summed E-state index contributed by atoms with van der Waals surface area (Å²) in [4.78, 5) is 19.5. The summed E-state index contributed by atoms with van der Waals surface area (Å²) in [6.07, 6.45) is -2.09. The van der Waals surface area contributed by atoms with E-state index >= 15 is 0 Å². The number of nitrogens with one attached hydrogen (secondary N) is 2. The van der Waals surface area contributed by atoms with E-state index in [-0.39, 0.29) is 22.9 Å². The predicted octanol–water partition coefficient (Wildman–Crippen LogP) is 3.44. The van der Waals surface area contributed by atoms with E-state index in [0.29, 0.717) is 11.6 Å². The molecule has 0 bridgehead atoms. The summed E-state index contributed by atoms with van der Waals surface area (Å²) in [6.45, 7) is 1.64. The fourth-order valence-electron chi connectivity index (χ4n) is 2.58. The van der Waals surface area contributed by atoms with Crippen molar-refractivity contribution in [3.8, 4) is 0 Å². The first-order chi connectivity index (χ1) is 14.5. The predicted molar refractivity (Wildman–Crippen MR) is 108 cm³/mol. The lowest BCUT2D eigenvalue weighted by Gasteiger charge is -2.13. The molecular formula is C19H16F3N5O3S. The number of amides is 1. The average Bonchev–Trinajstić information content (AvgIpc) is 2.70. The van der Waals surface area contributed by atoms with Crippen LogP contribution in [0.3, 0.4) is 0 Å². The Kier molecular flexibility index (Phi) is 5.84. The van der Waals surface area contributed by atoms with Gasteiger partial charge in [0.15, 0.2) is 0 Å². The van der Waals surface area contributed by atoms with Gasteiger partial charge in [0.2, 0.25) is 5.95 Å². The first-order valence-corrected chi connectivity index (χ1v) is 10.1. The van der Waals surface area contributed by atoms with E-state index in [9.17, 15) is 26.4 Å². The van der Waals surface area contributed by atoms with Gasteiger partial charge in [0.25, 0.3) is 15.9 Å². The van der Waals surface area contributed by atoms with Crippen molar-refractivity contribution in [1.29, 1.82) is 0 Å². The van der Waals surface area contributed by atoms with Gasteiger partial charge in [-0.05, 0) is 42.8 Å². The smallest absolute Gasteiger partial charge is 0.368 e. The van der Waals surface area contributed by atoms with Crippen LogP contribution in [0.4, 0.5) is 30.5 Å². The summed E-state index contributed by atoms with van der Waals surface area (Å²) in [5.74, 6) is -0.536. The summed E-state index contributed by atoms with van der Waals surface area (Å²) in [7, 11) is -4.33. The maximum atomic E-state index is 12.9. The van der Waals surface area contributed by atoms with Gasteiger partial charge >= 0.3 is 6.18 Å². The van der Waals surface area contributed by atoms with Crippen LogP contribution in [0.5, 0.6) is 0 Å². The van der Waals surface area contributed by atoms with Gasteiger partial charge in [-0.3, -0.25) is 9.52 Å². The van der Waals surface area contributed by atoms with Gasteiger partial charge < -0.3 is 11.1 Å². The van der Waals surface area contributed by atoms with Gasteiger partial charge in [0, 0.05) is 11.3 Å². The van der Waals surface area contributed by atoms with Crippen molar-refractivity contribution in [2.45, 2.75) is 18.0 Å². The Balaban J connectivity index is 1.86. The number of halogens is 3. The maximum Gasteiger partial charge on any atom is 0.416 e. The zero-order valence-electron chi connectivity index (χ0n) is 15.9. The van der Waals surface area contributed by atoms with Crippen molar-refractivity contribution in [3.63, 3.8) is 0 Å². The van der Waals surface area contributed by atoms with E-state index < -0.39 is 32.6 Å². The lowest BCUT2D eigenvalue weighted by atomic mass is 10.1. The van der Waals surface area contributed by atoms with E-state index in [4.69, 9.17) is 5.73 Å². The Morgan fingerprint density at radius 3 is 2.35 bits per heavy atom. The zero-order chi connectivity index (χ0) is 22.8. The monoisotopic (exact) mass is 451 g/mol. The van der Waals surface area contributed by atoms with Crippen LogP contribution in [-0.2, 0) is 16.2 Å². The standard InChI is InChI=1S/C19H16F3N5O3S/c1-11-5-6-13(8-16(11)17(28)26-14-9-24-18(23)25-10-14)27-31(29,30)15-4-2-3-12(7-15)19(20,21)22/h2-10,27H,1H3,(H,26,28)(H2,23,24,25). The number of nitrogens with two attached hydrogens (primary N) is 1. The molecule has 162 valence electrons. The second-order valence-corrected chi connectivity index (χ2v) is 8.13. The number of nitrogen functional groups attached to an aromatic ring is 1. The van der Waals surface area contributed by atoms with Crippen LogP contribution in [-0.4, -0.2) is 24.3 Å². The number of hydrogen-bond donors (Lipinski definition) is 3. The molecule has 1 heterocycles.